The maximum atomic E-state index is 12.6. The summed E-state index contributed by atoms with van der Waals surface area (Å²) in [7, 11) is 1.68. The van der Waals surface area contributed by atoms with Gasteiger partial charge in [0.15, 0.2) is 5.13 Å². The number of para-hydroxylation sites is 1. The van der Waals surface area contributed by atoms with Crippen molar-refractivity contribution in [2.75, 3.05) is 11.9 Å². The molecule has 4 aromatic rings. The van der Waals surface area contributed by atoms with Gasteiger partial charge < -0.3 is 4.98 Å². The number of carbonyl (C=O) groups is 1. The molecule has 0 aliphatic carbocycles. The van der Waals surface area contributed by atoms with Crippen LogP contribution in [0.4, 0.5) is 5.13 Å². The highest BCUT2D eigenvalue weighted by atomic mass is 32.1. The molecule has 0 aliphatic rings. The minimum atomic E-state index is -0.197. The molecule has 0 saturated heterocycles. The first-order valence-electron chi connectivity index (χ1n) is 8.04. The fourth-order valence-electron chi connectivity index (χ4n) is 2.74. The monoisotopic (exact) mass is 361 g/mol. The second-order valence-electron chi connectivity index (χ2n) is 5.84. The molecule has 1 amide bonds. The number of fused-ring (bicyclic) bond motifs is 1. The molecule has 0 bridgehead atoms. The molecule has 0 fully saturated rings. The van der Waals surface area contributed by atoms with E-state index >= 15 is 0 Å². The number of anilines is 1. The van der Waals surface area contributed by atoms with Gasteiger partial charge >= 0.3 is 0 Å². The van der Waals surface area contributed by atoms with Crippen LogP contribution in [-0.2, 0) is 0 Å². The van der Waals surface area contributed by atoms with Crippen LogP contribution in [0.1, 0.15) is 10.4 Å². The maximum Gasteiger partial charge on any atom is 0.259 e. The lowest BCUT2D eigenvalue weighted by atomic mass is 10.1. The smallest absolute Gasteiger partial charge is 0.259 e. The maximum absolute atomic E-state index is 12.6. The van der Waals surface area contributed by atoms with E-state index < -0.39 is 0 Å². The topological polar surface area (TPSA) is 66.1 Å². The lowest BCUT2D eigenvalue weighted by molar-refractivity contribution is 0.0993. The van der Waals surface area contributed by atoms with Crippen molar-refractivity contribution in [3.8, 4) is 11.3 Å². The standard InChI is InChI=1S/C20H15N3O2S/c1-23(19(25)13-7-3-2-4-8-13)20-22-17(12-26-20)15-11-14-9-5-6-10-16(14)21-18(15)24/h2-12H,1H3,(H,21,24). The number of pyridine rings is 1. The highest BCUT2D eigenvalue weighted by Crippen LogP contribution is 2.27. The zero-order valence-electron chi connectivity index (χ0n) is 14.0. The van der Waals surface area contributed by atoms with Gasteiger partial charge in [-0.2, -0.15) is 0 Å². The number of amides is 1. The summed E-state index contributed by atoms with van der Waals surface area (Å²) in [5.74, 6) is -0.140. The molecule has 0 radical (unpaired) electrons. The fourth-order valence-corrected chi connectivity index (χ4v) is 3.53. The average molecular weight is 361 g/mol. The molecule has 1 N–H and O–H groups in total. The summed E-state index contributed by atoms with van der Waals surface area (Å²) in [5, 5.41) is 3.27. The van der Waals surface area contributed by atoms with E-state index in [1.54, 1.807) is 24.6 Å². The number of aromatic nitrogens is 2. The number of hydrogen-bond donors (Lipinski definition) is 1. The molecule has 6 heteroatoms. The molecule has 5 nitrogen and oxygen atoms in total. The van der Waals surface area contributed by atoms with Crippen LogP contribution in [0.25, 0.3) is 22.2 Å². The van der Waals surface area contributed by atoms with E-state index in [4.69, 9.17) is 0 Å². The number of nitrogens with zero attached hydrogens (tertiary/aromatic N) is 2. The van der Waals surface area contributed by atoms with Gasteiger partial charge in [-0.3, -0.25) is 14.5 Å². The normalized spacial score (nSPS) is 10.8. The van der Waals surface area contributed by atoms with E-state index in [2.05, 4.69) is 9.97 Å². The van der Waals surface area contributed by atoms with Crippen molar-refractivity contribution in [2.45, 2.75) is 0 Å². The Morgan fingerprint density at radius 2 is 1.81 bits per heavy atom. The van der Waals surface area contributed by atoms with Gasteiger partial charge in [0.25, 0.3) is 11.5 Å². The largest absolute Gasteiger partial charge is 0.321 e. The van der Waals surface area contributed by atoms with E-state index in [1.165, 1.54) is 16.2 Å². The predicted octanol–water partition coefficient (Wildman–Crippen LogP) is 3.93. The molecule has 0 spiro atoms. The summed E-state index contributed by atoms with van der Waals surface area (Å²) in [6, 6.07) is 18.5. The molecule has 2 heterocycles. The third-order valence-electron chi connectivity index (χ3n) is 4.13. The Bertz CT molecular complexity index is 1150. The third kappa shape index (κ3) is 2.91. The van der Waals surface area contributed by atoms with Crippen LogP contribution in [-0.4, -0.2) is 22.9 Å². The van der Waals surface area contributed by atoms with Crippen molar-refractivity contribution in [2.24, 2.45) is 0 Å². The second kappa shape index (κ2) is 6.57. The van der Waals surface area contributed by atoms with Gasteiger partial charge in [0.1, 0.15) is 0 Å². The van der Waals surface area contributed by atoms with Crippen molar-refractivity contribution in [1.29, 1.82) is 0 Å². The summed E-state index contributed by atoms with van der Waals surface area (Å²) >= 11 is 1.33. The lowest BCUT2D eigenvalue weighted by Gasteiger charge is -2.13. The summed E-state index contributed by atoms with van der Waals surface area (Å²) in [6.45, 7) is 0. The number of carbonyl (C=O) groups excluding carboxylic acids is 1. The number of aromatic amines is 1. The highest BCUT2D eigenvalue weighted by Gasteiger charge is 2.18. The first kappa shape index (κ1) is 16.2. The van der Waals surface area contributed by atoms with Gasteiger partial charge in [-0.15, -0.1) is 11.3 Å². The summed E-state index contributed by atoms with van der Waals surface area (Å²) in [5.41, 5.74) is 2.23. The molecule has 26 heavy (non-hydrogen) atoms. The molecule has 0 aliphatic heterocycles. The van der Waals surface area contributed by atoms with Crippen molar-refractivity contribution < 1.29 is 4.79 Å². The molecule has 2 aromatic carbocycles. The fraction of sp³-hybridized carbons (Fsp3) is 0.0500. The zero-order valence-corrected chi connectivity index (χ0v) is 14.8. The first-order valence-corrected chi connectivity index (χ1v) is 8.92. The van der Waals surface area contributed by atoms with Crippen LogP contribution < -0.4 is 10.5 Å². The average Bonchev–Trinajstić information content (AvgIpc) is 3.17. The third-order valence-corrected chi connectivity index (χ3v) is 5.05. The van der Waals surface area contributed by atoms with E-state index in [1.807, 2.05) is 48.5 Å². The van der Waals surface area contributed by atoms with Crippen LogP contribution in [0.3, 0.4) is 0 Å². The predicted molar refractivity (Wildman–Crippen MR) is 105 cm³/mol. The molecule has 2 aromatic heterocycles. The number of nitrogens with one attached hydrogen (secondary N) is 1. The number of H-pyrrole nitrogens is 1. The molecular weight excluding hydrogens is 346 g/mol. The second-order valence-corrected chi connectivity index (χ2v) is 6.68. The first-order chi connectivity index (χ1) is 12.6. The molecule has 4 rings (SSSR count). The quantitative estimate of drug-likeness (QED) is 0.601. The lowest BCUT2D eigenvalue weighted by Crippen LogP contribution is -2.26. The van der Waals surface area contributed by atoms with Crippen LogP contribution in [0.5, 0.6) is 0 Å². The molecular formula is C20H15N3O2S. The van der Waals surface area contributed by atoms with Gasteiger partial charge in [-0.05, 0) is 29.7 Å². The van der Waals surface area contributed by atoms with Gasteiger partial charge in [0.2, 0.25) is 0 Å². The van der Waals surface area contributed by atoms with Crippen LogP contribution >= 0.6 is 11.3 Å². The van der Waals surface area contributed by atoms with E-state index in [0.29, 0.717) is 22.0 Å². The van der Waals surface area contributed by atoms with Crippen LogP contribution in [0.2, 0.25) is 0 Å². The van der Waals surface area contributed by atoms with E-state index in [9.17, 15) is 9.59 Å². The summed E-state index contributed by atoms with van der Waals surface area (Å²) in [4.78, 5) is 33.8. The van der Waals surface area contributed by atoms with Crippen molar-refractivity contribution in [3.05, 3.63) is 82.0 Å². The van der Waals surface area contributed by atoms with Gasteiger partial charge in [-0.1, -0.05) is 36.4 Å². The minimum Gasteiger partial charge on any atom is -0.321 e. The number of rotatable bonds is 3. The molecule has 0 unspecified atom stereocenters. The summed E-state index contributed by atoms with van der Waals surface area (Å²) in [6.07, 6.45) is 0. The van der Waals surface area contributed by atoms with E-state index in [-0.39, 0.29) is 11.5 Å². The number of hydrogen-bond acceptors (Lipinski definition) is 4. The minimum absolute atomic E-state index is 0.140. The van der Waals surface area contributed by atoms with E-state index in [0.717, 1.165) is 10.9 Å². The summed E-state index contributed by atoms with van der Waals surface area (Å²) < 4.78 is 0. The van der Waals surface area contributed by atoms with Crippen molar-refractivity contribution in [3.63, 3.8) is 0 Å². The number of thiazole rings is 1. The highest BCUT2D eigenvalue weighted by molar-refractivity contribution is 7.14. The van der Waals surface area contributed by atoms with Gasteiger partial charge in [0.05, 0.1) is 11.3 Å². The Morgan fingerprint density at radius 3 is 2.62 bits per heavy atom. The van der Waals surface area contributed by atoms with Crippen molar-refractivity contribution in [1.82, 2.24) is 9.97 Å². The van der Waals surface area contributed by atoms with Crippen LogP contribution in [0, 0.1) is 0 Å². The van der Waals surface area contributed by atoms with Gasteiger partial charge in [-0.25, -0.2) is 4.98 Å². The Labute approximate surface area is 153 Å². The van der Waals surface area contributed by atoms with Crippen molar-refractivity contribution >= 4 is 33.3 Å². The Hall–Kier alpha value is -3.25. The SMILES string of the molecule is CN(C(=O)c1ccccc1)c1nc(-c2cc3ccccc3[nH]c2=O)cs1. The Balaban J connectivity index is 1.69. The zero-order chi connectivity index (χ0) is 18.1. The Kier molecular flexibility index (Phi) is 4.10. The van der Waals surface area contributed by atoms with Gasteiger partial charge in [0, 0.05) is 23.5 Å². The molecule has 0 saturated carbocycles. The Morgan fingerprint density at radius 1 is 1.08 bits per heavy atom. The molecule has 128 valence electrons. The van der Waals surface area contributed by atoms with Crippen LogP contribution in [0.15, 0.2) is 70.8 Å². The number of benzene rings is 2. The molecule has 0 atom stereocenters.